The number of sulfonamides is 1. The van der Waals surface area contributed by atoms with Crippen molar-refractivity contribution in [2.45, 2.75) is 25.3 Å². The van der Waals surface area contributed by atoms with Crippen LogP contribution in [0.3, 0.4) is 0 Å². The molecule has 218 valence electrons. The molecule has 0 fully saturated rings. The Hall–Kier alpha value is -4.55. The van der Waals surface area contributed by atoms with E-state index in [2.05, 4.69) is 15.7 Å². The number of carbonyl (C=O) groups is 1. The summed E-state index contributed by atoms with van der Waals surface area (Å²) in [7, 11) is -0.748. The van der Waals surface area contributed by atoms with Crippen LogP contribution in [0.5, 0.6) is 0 Å². The maximum absolute atomic E-state index is 15.4. The number of benzene rings is 3. The number of nitrogens with zero attached hydrogens (tertiary/aromatic N) is 5. The van der Waals surface area contributed by atoms with Crippen molar-refractivity contribution in [3.8, 4) is 11.1 Å². The molecule has 3 aromatic carbocycles. The molecular weight excluding hydrogens is 559 g/mol. The van der Waals surface area contributed by atoms with Gasteiger partial charge in [-0.1, -0.05) is 24.3 Å². The minimum atomic E-state index is -3.69. The highest BCUT2D eigenvalue weighted by atomic mass is 32.2. The smallest absolute Gasteiger partial charge is 0.338 e. The van der Waals surface area contributed by atoms with Crippen molar-refractivity contribution in [3.05, 3.63) is 89.9 Å². The number of halogens is 1. The number of nitrogens with one attached hydrogen (secondary N) is 1. The standard InChI is InChI=1S/C30H31FN6O4S/c1-5-41-30(38)22-13-14-27-25(18-22)29(21-9-8-10-24(17-21)42(39,40)35(3)4)20(2)36(27)19-23(31)15-16-32-37-28-12-7-6-11-26(28)33-34-37/h6-15,17-18,32H,5,16,19H2,1-4H3/b23-15-. The minimum absolute atomic E-state index is 0.0729. The van der Waals surface area contributed by atoms with Crippen molar-refractivity contribution in [1.82, 2.24) is 24.0 Å². The van der Waals surface area contributed by atoms with Crippen LogP contribution in [-0.2, 0) is 21.3 Å². The SMILES string of the molecule is CCOC(=O)c1ccc2c(c1)c(-c1cccc(S(=O)(=O)N(C)C)c1)c(C)n2C/C(F)=C/CNn1nnc2ccccc21. The molecule has 10 nitrogen and oxygen atoms in total. The van der Waals surface area contributed by atoms with Gasteiger partial charge in [-0.05, 0) is 73.2 Å². The zero-order valence-electron chi connectivity index (χ0n) is 23.7. The van der Waals surface area contributed by atoms with Crippen LogP contribution >= 0.6 is 0 Å². The summed E-state index contributed by atoms with van der Waals surface area (Å²) in [4.78, 5) is 14.2. The summed E-state index contributed by atoms with van der Waals surface area (Å²) in [5, 5.41) is 8.81. The van der Waals surface area contributed by atoms with Crippen LogP contribution in [0, 0.1) is 6.92 Å². The van der Waals surface area contributed by atoms with Crippen LogP contribution in [0.15, 0.2) is 83.5 Å². The first kappa shape index (κ1) is 29.0. The van der Waals surface area contributed by atoms with Crippen LogP contribution in [-0.4, -0.2) is 65.6 Å². The van der Waals surface area contributed by atoms with Crippen LogP contribution < -0.4 is 5.43 Å². The summed E-state index contributed by atoms with van der Waals surface area (Å²) in [6.07, 6.45) is 1.43. The molecular formula is C30H31FN6O4S. The van der Waals surface area contributed by atoms with Gasteiger partial charge in [-0.15, -0.1) is 5.10 Å². The van der Waals surface area contributed by atoms with Gasteiger partial charge in [0.05, 0.1) is 30.2 Å². The summed E-state index contributed by atoms with van der Waals surface area (Å²) in [5.74, 6) is -0.866. The zero-order valence-corrected chi connectivity index (χ0v) is 24.5. The first-order chi connectivity index (χ1) is 20.1. The highest BCUT2D eigenvalue weighted by Gasteiger charge is 2.22. The topological polar surface area (TPSA) is 111 Å². The third kappa shape index (κ3) is 5.50. The second-order valence-electron chi connectivity index (χ2n) is 9.82. The van der Waals surface area contributed by atoms with E-state index in [1.807, 2.05) is 35.8 Å². The first-order valence-corrected chi connectivity index (χ1v) is 14.8. The van der Waals surface area contributed by atoms with E-state index in [9.17, 15) is 13.2 Å². The monoisotopic (exact) mass is 590 g/mol. The number of esters is 1. The lowest BCUT2D eigenvalue weighted by atomic mass is 10.0. The molecule has 12 heteroatoms. The van der Waals surface area contributed by atoms with E-state index in [-0.39, 0.29) is 24.6 Å². The zero-order chi connectivity index (χ0) is 30.0. The second-order valence-corrected chi connectivity index (χ2v) is 12.0. The Morgan fingerprint density at radius 2 is 1.86 bits per heavy atom. The van der Waals surface area contributed by atoms with E-state index in [0.717, 1.165) is 15.3 Å². The molecule has 2 aromatic heterocycles. The number of rotatable bonds is 10. The van der Waals surface area contributed by atoms with Gasteiger partial charge in [0.15, 0.2) is 0 Å². The number of hydrogen-bond donors (Lipinski definition) is 1. The van der Waals surface area contributed by atoms with Gasteiger partial charge in [0.2, 0.25) is 10.0 Å². The maximum atomic E-state index is 15.4. The number of ether oxygens (including phenoxy) is 1. The third-order valence-electron chi connectivity index (χ3n) is 6.96. The molecule has 0 unspecified atom stereocenters. The van der Waals surface area contributed by atoms with Gasteiger partial charge in [0.25, 0.3) is 0 Å². The molecule has 0 saturated carbocycles. The molecule has 0 amide bonds. The summed E-state index contributed by atoms with van der Waals surface area (Å²) >= 11 is 0. The normalized spacial score (nSPS) is 12.4. The fourth-order valence-electron chi connectivity index (χ4n) is 4.86. The lowest BCUT2D eigenvalue weighted by Gasteiger charge is -2.13. The molecule has 2 heterocycles. The van der Waals surface area contributed by atoms with Crippen molar-refractivity contribution in [2.24, 2.45) is 0 Å². The number of hydrogen-bond acceptors (Lipinski definition) is 7. The molecule has 0 spiro atoms. The first-order valence-electron chi connectivity index (χ1n) is 13.3. The second kappa shape index (κ2) is 11.7. The Balaban J connectivity index is 1.53. The number of aromatic nitrogens is 4. The molecule has 0 saturated heterocycles. The van der Waals surface area contributed by atoms with Crippen LogP contribution in [0.2, 0.25) is 0 Å². The summed E-state index contributed by atoms with van der Waals surface area (Å²) < 4.78 is 49.3. The fourth-order valence-corrected chi connectivity index (χ4v) is 5.81. The quantitative estimate of drug-likeness (QED) is 0.231. The van der Waals surface area contributed by atoms with Gasteiger partial charge in [0.1, 0.15) is 16.9 Å². The molecule has 0 atom stereocenters. The Kier molecular flexibility index (Phi) is 8.10. The summed E-state index contributed by atoms with van der Waals surface area (Å²) in [5.41, 5.74) is 7.61. The van der Waals surface area contributed by atoms with Crippen molar-refractivity contribution < 1.29 is 22.3 Å². The van der Waals surface area contributed by atoms with Crippen LogP contribution in [0.4, 0.5) is 4.39 Å². The summed E-state index contributed by atoms with van der Waals surface area (Å²) in [6, 6.07) is 19.1. The van der Waals surface area contributed by atoms with Crippen LogP contribution in [0.25, 0.3) is 33.1 Å². The Morgan fingerprint density at radius 1 is 1.07 bits per heavy atom. The van der Waals surface area contributed by atoms with Crippen LogP contribution in [0.1, 0.15) is 23.0 Å². The Bertz CT molecular complexity index is 1930. The largest absolute Gasteiger partial charge is 0.462 e. The minimum Gasteiger partial charge on any atom is -0.462 e. The van der Waals surface area contributed by atoms with Crippen molar-refractivity contribution in [1.29, 1.82) is 0 Å². The Morgan fingerprint density at radius 3 is 2.62 bits per heavy atom. The highest BCUT2D eigenvalue weighted by Crippen LogP contribution is 2.37. The maximum Gasteiger partial charge on any atom is 0.338 e. The number of para-hydroxylation sites is 1. The van der Waals surface area contributed by atoms with Gasteiger partial charge in [0, 0.05) is 36.3 Å². The van der Waals surface area contributed by atoms with E-state index in [4.69, 9.17) is 4.74 Å². The molecule has 0 aliphatic heterocycles. The molecule has 5 rings (SSSR count). The molecule has 0 aliphatic carbocycles. The lowest BCUT2D eigenvalue weighted by molar-refractivity contribution is 0.0526. The van der Waals surface area contributed by atoms with Gasteiger partial charge >= 0.3 is 5.97 Å². The average Bonchev–Trinajstić information content (AvgIpc) is 3.51. The number of carbonyl (C=O) groups excluding carboxylic acids is 1. The number of fused-ring (bicyclic) bond motifs is 2. The predicted octanol–water partition coefficient (Wildman–Crippen LogP) is 4.89. The fraction of sp³-hybridized carbons (Fsp3) is 0.233. The van der Waals surface area contributed by atoms with E-state index in [1.165, 1.54) is 31.0 Å². The lowest BCUT2D eigenvalue weighted by Crippen LogP contribution is -2.22. The number of allylic oxidation sites excluding steroid dienone is 1. The highest BCUT2D eigenvalue weighted by molar-refractivity contribution is 7.89. The summed E-state index contributed by atoms with van der Waals surface area (Å²) in [6.45, 7) is 3.90. The van der Waals surface area contributed by atoms with E-state index >= 15 is 4.39 Å². The van der Waals surface area contributed by atoms with E-state index in [1.54, 1.807) is 43.3 Å². The molecule has 0 radical (unpaired) electrons. The molecule has 0 bridgehead atoms. The predicted molar refractivity (Wildman–Crippen MR) is 160 cm³/mol. The Labute approximate surface area is 243 Å². The average molecular weight is 591 g/mol. The van der Waals surface area contributed by atoms with Gasteiger partial charge in [-0.3, -0.25) is 0 Å². The molecule has 5 aromatic rings. The third-order valence-corrected chi connectivity index (χ3v) is 8.77. The molecule has 1 N–H and O–H groups in total. The molecule has 0 aliphatic rings. The van der Waals surface area contributed by atoms with Gasteiger partial charge in [-0.2, -0.15) is 4.79 Å². The molecule has 42 heavy (non-hydrogen) atoms. The van der Waals surface area contributed by atoms with Gasteiger partial charge in [-0.25, -0.2) is 21.9 Å². The van der Waals surface area contributed by atoms with E-state index in [0.29, 0.717) is 33.3 Å². The van der Waals surface area contributed by atoms with E-state index < -0.39 is 21.8 Å². The van der Waals surface area contributed by atoms with Crippen molar-refractivity contribution in [3.63, 3.8) is 0 Å². The van der Waals surface area contributed by atoms with Crippen molar-refractivity contribution in [2.75, 3.05) is 32.7 Å². The van der Waals surface area contributed by atoms with Crippen molar-refractivity contribution >= 4 is 37.9 Å². The van der Waals surface area contributed by atoms with Gasteiger partial charge < -0.3 is 14.7 Å².